The quantitative estimate of drug-likeness (QED) is 0.660. The second kappa shape index (κ2) is 7.38. The van der Waals surface area contributed by atoms with Crippen molar-refractivity contribution in [2.45, 2.75) is 20.0 Å². The standard InChI is InChI=1S/C11H21N3O2/c1-10-11(8-12-4-6-15-2)9-14(13-10)5-7-16-3/h9,12H,4-8H2,1-3H3. The first kappa shape index (κ1) is 13.2. The summed E-state index contributed by atoms with van der Waals surface area (Å²) >= 11 is 0. The first-order valence-electron chi connectivity index (χ1n) is 5.49. The number of methoxy groups -OCH3 is 2. The lowest BCUT2D eigenvalue weighted by atomic mass is 10.2. The van der Waals surface area contributed by atoms with Crippen LogP contribution in [0.3, 0.4) is 0 Å². The van der Waals surface area contributed by atoms with Crippen LogP contribution in [0.15, 0.2) is 6.20 Å². The predicted octanol–water partition coefficient (Wildman–Crippen LogP) is 0.574. The summed E-state index contributed by atoms with van der Waals surface area (Å²) in [7, 11) is 3.40. The second-order valence-electron chi connectivity index (χ2n) is 3.67. The fourth-order valence-corrected chi connectivity index (χ4v) is 1.43. The Morgan fingerprint density at radius 3 is 2.75 bits per heavy atom. The molecule has 0 aliphatic heterocycles. The Hall–Kier alpha value is -0.910. The molecular formula is C11H21N3O2. The van der Waals surface area contributed by atoms with Crippen molar-refractivity contribution >= 4 is 0 Å². The van der Waals surface area contributed by atoms with E-state index in [0.29, 0.717) is 6.61 Å². The van der Waals surface area contributed by atoms with Gasteiger partial charge in [0.2, 0.25) is 0 Å². The maximum atomic E-state index is 5.01. The van der Waals surface area contributed by atoms with Crippen molar-refractivity contribution in [3.63, 3.8) is 0 Å². The average Bonchev–Trinajstić information content (AvgIpc) is 2.63. The highest BCUT2D eigenvalue weighted by atomic mass is 16.5. The predicted molar refractivity (Wildman–Crippen MR) is 62.4 cm³/mol. The fraction of sp³-hybridized carbons (Fsp3) is 0.727. The summed E-state index contributed by atoms with van der Waals surface area (Å²) in [4.78, 5) is 0. The molecule has 92 valence electrons. The van der Waals surface area contributed by atoms with Crippen LogP contribution in [0.2, 0.25) is 0 Å². The topological polar surface area (TPSA) is 48.3 Å². The third-order valence-electron chi connectivity index (χ3n) is 2.37. The molecule has 1 aromatic heterocycles. The smallest absolute Gasteiger partial charge is 0.0658 e. The maximum absolute atomic E-state index is 5.01. The van der Waals surface area contributed by atoms with Crippen LogP contribution in [-0.4, -0.2) is 43.8 Å². The molecule has 0 spiro atoms. The van der Waals surface area contributed by atoms with Crippen LogP contribution < -0.4 is 5.32 Å². The van der Waals surface area contributed by atoms with Crippen molar-refractivity contribution < 1.29 is 9.47 Å². The minimum Gasteiger partial charge on any atom is -0.383 e. The number of nitrogens with one attached hydrogen (secondary N) is 1. The number of aromatic nitrogens is 2. The highest BCUT2D eigenvalue weighted by Crippen LogP contribution is 2.04. The Kier molecular flexibility index (Phi) is 6.07. The molecule has 0 fully saturated rings. The molecular weight excluding hydrogens is 206 g/mol. The van der Waals surface area contributed by atoms with E-state index in [2.05, 4.69) is 16.6 Å². The molecule has 0 atom stereocenters. The molecule has 16 heavy (non-hydrogen) atoms. The average molecular weight is 227 g/mol. The summed E-state index contributed by atoms with van der Waals surface area (Å²) in [5, 5.41) is 7.72. The third kappa shape index (κ3) is 4.30. The zero-order chi connectivity index (χ0) is 11.8. The monoisotopic (exact) mass is 227 g/mol. The van der Waals surface area contributed by atoms with Crippen LogP contribution in [0.4, 0.5) is 0 Å². The highest BCUT2D eigenvalue weighted by molar-refractivity contribution is 5.14. The molecule has 0 aliphatic carbocycles. The third-order valence-corrected chi connectivity index (χ3v) is 2.37. The molecule has 0 bridgehead atoms. The molecule has 0 saturated heterocycles. The van der Waals surface area contributed by atoms with Crippen molar-refractivity contribution in [3.8, 4) is 0 Å². The molecule has 5 nitrogen and oxygen atoms in total. The van der Waals surface area contributed by atoms with Gasteiger partial charge in [0.25, 0.3) is 0 Å². The summed E-state index contributed by atoms with van der Waals surface area (Å²) < 4.78 is 11.9. The van der Waals surface area contributed by atoms with E-state index < -0.39 is 0 Å². The molecule has 0 radical (unpaired) electrons. The number of rotatable bonds is 8. The lowest BCUT2D eigenvalue weighted by molar-refractivity contribution is 0.183. The number of hydrogen-bond donors (Lipinski definition) is 1. The Morgan fingerprint density at radius 2 is 2.06 bits per heavy atom. The summed E-state index contributed by atoms with van der Waals surface area (Å²) in [6.45, 7) is 5.95. The van der Waals surface area contributed by atoms with Crippen LogP contribution in [0.1, 0.15) is 11.3 Å². The first-order valence-corrected chi connectivity index (χ1v) is 5.49. The number of hydrogen-bond acceptors (Lipinski definition) is 4. The number of aryl methyl sites for hydroxylation is 1. The largest absolute Gasteiger partial charge is 0.383 e. The van der Waals surface area contributed by atoms with E-state index >= 15 is 0 Å². The van der Waals surface area contributed by atoms with Gasteiger partial charge in [-0.2, -0.15) is 5.10 Å². The van der Waals surface area contributed by atoms with Gasteiger partial charge >= 0.3 is 0 Å². The molecule has 0 aliphatic rings. The summed E-state index contributed by atoms with van der Waals surface area (Å²) in [5.41, 5.74) is 2.30. The molecule has 0 aromatic carbocycles. The molecule has 1 aromatic rings. The first-order chi connectivity index (χ1) is 7.77. The SMILES string of the molecule is COCCNCc1cn(CCOC)nc1C. The summed E-state index contributed by atoms with van der Waals surface area (Å²) in [6.07, 6.45) is 2.06. The van der Waals surface area contributed by atoms with Gasteiger partial charge in [0.05, 0.1) is 25.5 Å². The van der Waals surface area contributed by atoms with E-state index in [1.54, 1.807) is 14.2 Å². The molecule has 0 amide bonds. The summed E-state index contributed by atoms with van der Waals surface area (Å²) in [6, 6.07) is 0. The zero-order valence-corrected chi connectivity index (χ0v) is 10.3. The van der Waals surface area contributed by atoms with Crippen molar-refractivity contribution in [2.75, 3.05) is 34.0 Å². The number of ether oxygens (including phenoxy) is 2. The van der Waals surface area contributed by atoms with Gasteiger partial charge in [-0.3, -0.25) is 4.68 Å². The van der Waals surface area contributed by atoms with E-state index in [9.17, 15) is 0 Å². The zero-order valence-electron chi connectivity index (χ0n) is 10.3. The van der Waals surface area contributed by atoms with Crippen molar-refractivity contribution in [1.29, 1.82) is 0 Å². The van der Waals surface area contributed by atoms with Crippen LogP contribution in [0.5, 0.6) is 0 Å². The van der Waals surface area contributed by atoms with Gasteiger partial charge in [-0.05, 0) is 6.92 Å². The Labute approximate surface area is 96.7 Å². The minimum atomic E-state index is 0.692. The van der Waals surface area contributed by atoms with Gasteiger partial charge in [0, 0.05) is 39.1 Å². The number of nitrogens with zero attached hydrogens (tertiary/aromatic N) is 2. The molecule has 1 heterocycles. The van der Waals surface area contributed by atoms with E-state index in [0.717, 1.165) is 31.9 Å². The highest BCUT2D eigenvalue weighted by Gasteiger charge is 2.03. The van der Waals surface area contributed by atoms with E-state index in [4.69, 9.17) is 9.47 Å². The van der Waals surface area contributed by atoms with Crippen LogP contribution in [0.25, 0.3) is 0 Å². The minimum absolute atomic E-state index is 0.692. The van der Waals surface area contributed by atoms with Crippen LogP contribution >= 0.6 is 0 Å². The van der Waals surface area contributed by atoms with Gasteiger partial charge < -0.3 is 14.8 Å². The van der Waals surface area contributed by atoms with Gasteiger partial charge in [0.1, 0.15) is 0 Å². The van der Waals surface area contributed by atoms with E-state index in [1.165, 1.54) is 5.56 Å². The molecule has 1 rings (SSSR count). The Balaban J connectivity index is 2.37. The fourth-order valence-electron chi connectivity index (χ4n) is 1.43. The van der Waals surface area contributed by atoms with Gasteiger partial charge in [0.15, 0.2) is 0 Å². The van der Waals surface area contributed by atoms with E-state index in [-0.39, 0.29) is 0 Å². The molecule has 1 N–H and O–H groups in total. The van der Waals surface area contributed by atoms with Gasteiger partial charge in [-0.1, -0.05) is 0 Å². The lowest BCUT2D eigenvalue weighted by Crippen LogP contribution is -2.18. The van der Waals surface area contributed by atoms with Crippen molar-refractivity contribution in [3.05, 3.63) is 17.5 Å². The summed E-state index contributed by atoms with van der Waals surface area (Å²) in [5.74, 6) is 0. The maximum Gasteiger partial charge on any atom is 0.0658 e. The Morgan fingerprint density at radius 1 is 1.31 bits per heavy atom. The normalized spacial score (nSPS) is 10.9. The van der Waals surface area contributed by atoms with Crippen LogP contribution in [0, 0.1) is 6.92 Å². The molecule has 0 unspecified atom stereocenters. The molecule has 0 saturated carbocycles. The van der Waals surface area contributed by atoms with Gasteiger partial charge in [-0.25, -0.2) is 0 Å². The van der Waals surface area contributed by atoms with Crippen molar-refractivity contribution in [1.82, 2.24) is 15.1 Å². The van der Waals surface area contributed by atoms with Crippen molar-refractivity contribution in [2.24, 2.45) is 0 Å². The van der Waals surface area contributed by atoms with Crippen LogP contribution in [-0.2, 0) is 22.6 Å². The van der Waals surface area contributed by atoms with Gasteiger partial charge in [-0.15, -0.1) is 0 Å². The lowest BCUT2D eigenvalue weighted by Gasteiger charge is -2.02. The second-order valence-corrected chi connectivity index (χ2v) is 3.67. The molecule has 5 heteroatoms. The Bertz CT molecular complexity index is 299. The van der Waals surface area contributed by atoms with E-state index in [1.807, 2.05) is 11.6 Å².